The molecule has 0 aliphatic heterocycles. The van der Waals surface area contributed by atoms with Crippen LogP contribution in [0.2, 0.25) is 0 Å². The molecule has 0 unspecified atom stereocenters. The second-order valence-corrected chi connectivity index (χ2v) is 4.64. The van der Waals surface area contributed by atoms with Crippen molar-refractivity contribution in [1.82, 2.24) is 9.97 Å². The first-order valence-corrected chi connectivity index (χ1v) is 6.88. The van der Waals surface area contributed by atoms with Gasteiger partial charge in [-0.3, -0.25) is 0 Å². The molecule has 0 aliphatic carbocycles. The number of nitrogens with one attached hydrogen (secondary N) is 2. The van der Waals surface area contributed by atoms with Gasteiger partial charge in [-0.15, -0.1) is 0 Å². The van der Waals surface area contributed by atoms with Gasteiger partial charge in [0.15, 0.2) is 0 Å². The van der Waals surface area contributed by atoms with Crippen LogP contribution in [-0.4, -0.2) is 9.97 Å². The highest BCUT2D eigenvalue weighted by Crippen LogP contribution is 2.11. The SMILES string of the molecule is Fc1ccccc1CNc1ccnc(NCc2ccco2)n1. The molecule has 0 aliphatic rings. The summed E-state index contributed by atoms with van der Waals surface area (Å²) in [6.45, 7) is 0.866. The quantitative estimate of drug-likeness (QED) is 0.730. The van der Waals surface area contributed by atoms with E-state index in [0.717, 1.165) is 5.76 Å². The normalized spacial score (nSPS) is 10.4. The summed E-state index contributed by atoms with van der Waals surface area (Å²) in [4.78, 5) is 8.45. The van der Waals surface area contributed by atoms with Crippen molar-refractivity contribution < 1.29 is 8.81 Å². The van der Waals surface area contributed by atoms with E-state index in [9.17, 15) is 4.39 Å². The number of furan rings is 1. The molecule has 0 atom stereocenters. The Morgan fingerprint density at radius 2 is 1.91 bits per heavy atom. The van der Waals surface area contributed by atoms with Crippen LogP contribution in [0, 0.1) is 5.82 Å². The molecule has 22 heavy (non-hydrogen) atoms. The molecule has 2 heterocycles. The van der Waals surface area contributed by atoms with Gasteiger partial charge in [-0.2, -0.15) is 4.98 Å². The molecule has 3 aromatic rings. The van der Waals surface area contributed by atoms with Crippen LogP contribution in [-0.2, 0) is 13.1 Å². The average molecular weight is 298 g/mol. The molecular weight excluding hydrogens is 283 g/mol. The molecule has 0 fully saturated rings. The van der Waals surface area contributed by atoms with Gasteiger partial charge in [0.1, 0.15) is 17.4 Å². The summed E-state index contributed by atoms with van der Waals surface area (Å²) < 4.78 is 18.8. The third-order valence-electron chi connectivity index (χ3n) is 3.07. The Morgan fingerprint density at radius 3 is 2.73 bits per heavy atom. The second-order valence-electron chi connectivity index (χ2n) is 4.64. The van der Waals surface area contributed by atoms with Crippen LogP contribution in [0.3, 0.4) is 0 Å². The van der Waals surface area contributed by atoms with Gasteiger partial charge >= 0.3 is 0 Å². The molecule has 0 amide bonds. The fourth-order valence-electron chi connectivity index (χ4n) is 1.95. The molecule has 0 saturated heterocycles. The van der Waals surface area contributed by atoms with Crippen molar-refractivity contribution in [2.75, 3.05) is 10.6 Å². The zero-order chi connectivity index (χ0) is 15.2. The van der Waals surface area contributed by atoms with E-state index in [-0.39, 0.29) is 5.82 Å². The second kappa shape index (κ2) is 6.71. The Balaban J connectivity index is 1.60. The lowest BCUT2D eigenvalue weighted by Crippen LogP contribution is -2.07. The summed E-state index contributed by atoms with van der Waals surface area (Å²) in [5.74, 6) is 1.67. The van der Waals surface area contributed by atoms with Crippen LogP contribution in [0.15, 0.2) is 59.3 Å². The van der Waals surface area contributed by atoms with Crippen LogP contribution >= 0.6 is 0 Å². The lowest BCUT2D eigenvalue weighted by molar-refractivity contribution is 0.517. The molecule has 0 radical (unpaired) electrons. The lowest BCUT2D eigenvalue weighted by Gasteiger charge is -2.08. The van der Waals surface area contributed by atoms with Crippen molar-refractivity contribution in [2.45, 2.75) is 13.1 Å². The van der Waals surface area contributed by atoms with Crippen molar-refractivity contribution in [3.05, 3.63) is 72.1 Å². The molecule has 1 aromatic carbocycles. The smallest absolute Gasteiger partial charge is 0.224 e. The molecule has 0 bridgehead atoms. The van der Waals surface area contributed by atoms with Gasteiger partial charge in [0.25, 0.3) is 0 Å². The van der Waals surface area contributed by atoms with Crippen LogP contribution in [0.5, 0.6) is 0 Å². The van der Waals surface area contributed by atoms with Crippen molar-refractivity contribution in [2.24, 2.45) is 0 Å². The monoisotopic (exact) mass is 298 g/mol. The topological polar surface area (TPSA) is 63.0 Å². The van der Waals surface area contributed by atoms with Gasteiger partial charge in [0, 0.05) is 18.3 Å². The molecule has 3 rings (SSSR count). The van der Waals surface area contributed by atoms with E-state index in [1.54, 1.807) is 36.7 Å². The third-order valence-corrected chi connectivity index (χ3v) is 3.07. The Bertz CT molecular complexity index is 731. The first-order valence-electron chi connectivity index (χ1n) is 6.88. The zero-order valence-corrected chi connectivity index (χ0v) is 11.8. The van der Waals surface area contributed by atoms with Crippen molar-refractivity contribution >= 4 is 11.8 Å². The maximum Gasteiger partial charge on any atom is 0.224 e. The number of nitrogens with zero attached hydrogens (tertiary/aromatic N) is 2. The number of anilines is 2. The van der Waals surface area contributed by atoms with Crippen molar-refractivity contribution in [1.29, 1.82) is 0 Å². The number of benzene rings is 1. The first-order chi connectivity index (χ1) is 10.8. The minimum atomic E-state index is -0.236. The molecule has 112 valence electrons. The van der Waals surface area contributed by atoms with E-state index in [1.807, 2.05) is 12.1 Å². The van der Waals surface area contributed by atoms with E-state index in [4.69, 9.17) is 4.42 Å². The van der Waals surface area contributed by atoms with Crippen molar-refractivity contribution in [3.8, 4) is 0 Å². The molecule has 0 spiro atoms. The standard InChI is InChI=1S/C16H15FN4O/c17-14-6-2-1-4-12(14)10-19-15-7-8-18-16(21-15)20-11-13-5-3-9-22-13/h1-9H,10-11H2,(H2,18,19,20,21). The summed E-state index contributed by atoms with van der Waals surface area (Å²) >= 11 is 0. The van der Waals surface area contributed by atoms with Crippen LogP contribution < -0.4 is 10.6 Å². The summed E-state index contributed by atoms with van der Waals surface area (Å²) in [7, 11) is 0. The first kappa shape index (κ1) is 14.1. The minimum absolute atomic E-state index is 0.236. The molecule has 0 saturated carbocycles. The third kappa shape index (κ3) is 3.60. The van der Waals surface area contributed by atoms with E-state index in [1.165, 1.54) is 6.07 Å². The Labute approximate surface area is 127 Å². The lowest BCUT2D eigenvalue weighted by atomic mass is 10.2. The molecular formula is C16H15FN4O. The van der Waals surface area contributed by atoms with Gasteiger partial charge in [0.05, 0.1) is 12.8 Å². The van der Waals surface area contributed by atoms with Crippen LogP contribution in [0.25, 0.3) is 0 Å². The Hall–Kier alpha value is -2.89. The van der Waals surface area contributed by atoms with Crippen LogP contribution in [0.1, 0.15) is 11.3 Å². The highest BCUT2D eigenvalue weighted by atomic mass is 19.1. The number of hydrogen-bond acceptors (Lipinski definition) is 5. The highest BCUT2D eigenvalue weighted by Gasteiger charge is 2.03. The van der Waals surface area contributed by atoms with E-state index >= 15 is 0 Å². The maximum atomic E-state index is 13.6. The molecule has 2 aromatic heterocycles. The fraction of sp³-hybridized carbons (Fsp3) is 0.125. The van der Waals surface area contributed by atoms with E-state index in [0.29, 0.717) is 30.4 Å². The summed E-state index contributed by atoms with van der Waals surface area (Å²) in [5.41, 5.74) is 0.589. The zero-order valence-electron chi connectivity index (χ0n) is 11.8. The number of aromatic nitrogens is 2. The Morgan fingerprint density at radius 1 is 1.00 bits per heavy atom. The minimum Gasteiger partial charge on any atom is -0.467 e. The number of rotatable bonds is 6. The fourth-order valence-corrected chi connectivity index (χ4v) is 1.95. The maximum absolute atomic E-state index is 13.6. The predicted molar refractivity (Wildman–Crippen MR) is 81.8 cm³/mol. The van der Waals surface area contributed by atoms with E-state index in [2.05, 4.69) is 20.6 Å². The van der Waals surface area contributed by atoms with E-state index < -0.39 is 0 Å². The molecule has 5 nitrogen and oxygen atoms in total. The van der Waals surface area contributed by atoms with Gasteiger partial charge in [0.2, 0.25) is 5.95 Å². The van der Waals surface area contributed by atoms with Crippen LogP contribution in [0.4, 0.5) is 16.2 Å². The molecule has 6 heteroatoms. The largest absolute Gasteiger partial charge is 0.467 e. The van der Waals surface area contributed by atoms with Gasteiger partial charge in [-0.1, -0.05) is 18.2 Å². The average Bonchev–Trinajstić information content (AvgIpc) is 3.06. The summed E-state index contributed by atoms with van der Waals surface area (Å²) in [5, 5.41) is 6.15. The van der Waals surface area contributed by atoms with Crippen molar-refractivity contribution in [3.63, 3.8) is 0 Å². The van der Waals surface area contributed by atoms with Gasteiger partial charge < -0.3 is 15.1 Å². The summed E-state index contributed by atoms with van der Waals surface area (Å²) in [6, 6.07) is 12.1. The molecule has 2 N–H and O–H groups in total. The summed E-state index contributed by atoms with van der Waals surface area (Å²) in [6.07, 6.45) is 3.26. The number of hydrogen-bond donors (Lipinski definition) is 2. The van der Waals surface area contributed by atoms with Gasteiger partial charge in [-0.05, 0) is 24.3 Å². The Kier molecular flexibility index (Phi) is 4.29. The predicted octanol–water partition coefficient (Wildman–Crippen LogP) is 3.43. The van der Waals surface area contributed by atoms with Gasteiger partial charge in [-0.25, -0.2) is 9.37 Å². The number of halogens is 1. The highest BCUT2D eigenvalue weighted by molar-refractivity contribution is 5.40.